The van der Waals surface area contributed by atoms with E-state index in [1.54, 1.807) is 69.3 Å². The molecule has 0 spiro atoms. The van der Waals surface area contributed by atoms with E-state index in [0.717, 1.165) is 4.31 Å². The second kappa shape index (κ2) is 9.86. The number of benzene rings is 2. The quantitative estimate of drug-likeness (QED) is 0.382. The van der Waals surface area contributed by atoms with Crippen LogP contribution in [0.1, 0.15) is 43.1 Å². The predicted molar refractivity (Wildman–Crippen MR) is 129 cm³/mol. The molecule has 2 aromatic rings. The van der Waals surface area contributed by atoms with Crippen LogP contribution < -0.4 is 10.1 Å². The first-order chi connectivity index (χ1) is 15.6. The number of amides is 1. The zero-order valence-corrected chi connectivity index (χ0v) is 20.0. The van der Waals surface area contributed by atoms with Crippen LogP contribution in [0.4, 0.5) is 0 Å². The summed E-state index contributed by atoms with van der Waals surface area (Å²) in [5.74, 6) is -0.357. The van der Waals surface area contributed by atoms with E-state index in [4.69, 9.17) is 9.47 Å². The maximum Gasteiger partial charge on any atom is 0.337 e. The highest BCUT2D eigenvalue weighted by Crippen LogP contribution is 2.63. The third kappa shape index (κ3) is 5.32. The Morgan fingerprint density at radius 2 is 1.79 bits per heavy atom. The summed E-state index contributed by atoms with van der Waals surface area (Å²) >= 11 is 0. The standard InChI is InChI=1S/C24H30N2O6S/c1-24(2,3)26-22(27)20(21(33(26,29)30)17-10-6-5-7-11-17)25-14-9-15-32-19-13-8-12-18(16-19)23(28)31-4/h5-8,10-13,16,25,29-30H,9,14-15H2,1-4H3. The van der Waals surface area contributed by atoms with Crippen LogP contribution in [0.2, 0.25) is 0 Å². The Morgan fingerprint density at radius 1 is 1.09 bits per heavy atom. The molecule has 0 saturated heterocycles. The number of ether oxygens (including phenoxy) is 2. The lowest BCUT2D eigenvalue weighted by Gasteiger charge is -2.45. The van der Waals surface area contributed by atoms with Crippen LogP contribution in [0.15, 0.2) is 60.3 Å². The molecule has 1 amide bonds. The van der Waals surface area contributed by atoms with Gasteiger partial charge in [-0.1, -0.05) is 47.2 Å². The Kier molecular flexibility index (Phi) is 7.36. The van der Waals surface area contributed by atoms with E-state index in [0.29, 0.717) is 36.4 Å². The summed E-state index contributed by atoms with van der Waals surface area (Å²) in [7, 11) is -2.19. The van der Waals surface area contributed by atoms with Gasteiger partial charge in [0.25, 0.3) is 5.91 Å². The molecule has 1 aliphatic rings. The minimum absolute atomic E-state index is 0.184. The first kappa shape index (κ1) is 24.6. The van der Waals surface area contributed by atoms with Gasteiger partial charge in [-0.3, -0.25) is 13.9 Å². The van der Waals surface area contributed by atoms with Gasteiger partial charge in [0.05, 0.1) is 24.8 Å². The number of nitrogens with zero attached hydrogens (tertiary/aromatic N) is 1. The molecule has 178 valence electrons. The fraction of sp³-hybridized carbons (Fsp3) is 0.333. The molecule has 2 aromatic carbocycles. The number of rotatable bonds is 8. The molecule has 0 bridgehead atoms. The van der Waals surface area contributed by atoms with Crippen molar-refractivity contribution in [2.45, 2.75) is 32.7 Å². The Bertz CT molecular complexity index is 1050. The fourth-order valence-electron chi connectivity index (χ4n) is 3.58. The second-order valence-electron chi connectivity index (χ2n) is 8.51. The summed E-state index contributed by atoms with van der Waals surface area (Å²) in [5.41, 5.74) is 0.377. The number of hydrogen-bond donors (Lipinski definition) is 3. The lowest BCUT2D eigenvalue weighted by atomic mass is 10.1. The zero-order valence-electron chi connectivity index (χ0n) is 19.2. The highest BCUT2D eigenvalue weighted by molar-refractivity contribution is 8.31. The number of carbonyl (C=O) groups excluding carboxylic acids is 2. The lowest BCUT2D eigenvalue weighted by molar-refractivity contribution is -0.125. The minimum atomic E-state index is -3.51. The zero-order chi connectivity index (χ0) is 24.2. The summed E-state index contributed by atoms with van der Waals surface area (Å²) < 4.78 is 33.7. The van der Waals surface area contributed by atoms with Crippen LogP contribution in [-0.2, 0) is 9.53 Å². The van der Waals surface area contributed by atoms with Gasteiger partial charge in [0.2, 0.25) is 0 Å². The molecule has 3 rings (SSSR count). The van der Waals surface area contributed by atoms with Gasteiger partial charge in [-0.2, -0.15) is 0 Å². The third-order valence-corrected chi connectivity index (χ3v) is 7.16. The highest BCUT2D eigenvalue weighted by Gasteiger charge is 2.49. The number of nitrogens with one attached hydrogen (secondary N) is 1. The van der Waals surface area contributed by atoms with Crippen molar-refractivity contribution in [2.75, 3.05) is 20.3 Å². The molecule has 9 heteroatoms. The van der Waals surface area contributed by atoms with Gasteiger partial charge >= 0.3 is 5.97 Å². The fourth-order valence-corrected chi connectivity index (χ4v) is 5.74. The van der Waals surface area contributed by atoms with Crippen molar-refractivity contribution in [1.82, 2.24) is 9.62 Å². The molecule has 0 atom stereocenters. The molecule has 33 heavy (non-hydrogen) atoms. The van der Waals surface area contributed by atoms with Crippen molar-refractivity contribution < 1.29 is 28.2 Å². The molecule has 0 fully saturated rings. The van der Waals surface area contributed by atoms with Gasteiger partial charge in [-0.25, -0.2) is 9.10 Å². The van der Waals surface area contributed by atoms with Gasteiger partial charge in [-0.15, -0.1) is 0 Å². The first-order valence-electron chi connectivity index (χ1n) is 10.5. The van der Waals surface area contributed by atoms with E-state index < -0.39 is 28.2 Å². The summed E-state index contributed by atoms with van der Waals surface area (Å²) in [4.78, 5) is 25.1. The highest BCUT2D eigenvalue weighted by atomic mass is 32.3. The number of esters is 1. The number of methoxy groups -OCH3 is 1. The molecular formula is C24H30N2O6S. The smallest absolute Gasteiger partial charge is 0.337 e. The van der Waals surface area contributed by atoms with Crippen molar-refractivity contribution in [1.29, 1.82) is 0 Å². The predicted octanol–water partition coefficient (Wildman–Crippen LogP) is 4.51. The van der Waals surface area contributed by atoms with Crippen LogP contribution in [0.3, 0.4) is 0 Å². The minimum Gasteiger partial charge on any atom is -0.494 e. The molecule has 0 radical (unpaired) electrons. The molecule has 1 aliphatic heterocycles. The van der Waals surface area contributed by atoms with Gasteiger partial charge in [0.1, 0.15) is 16.4 Å². The van der Waals surface area contributed by atoms with Crippen molar-refractivity contribution >= 4 is 27.6 Å². The first-order valence-corrected chi connectivity index (χ1v) is 12.1. The van der Waals surface area contributed by atoms with E-state index in [1.807, 2.05) is 6.07 Å². The van der Waals surface area contributed by atoms with Crippen molar-refractivity contribution in [2.24, 2.45) is 0 Å². The molecule has 0 aliphatic carbocycles. The summed E-state index contributed by atoms with van der Waals surface area (Å²) in [5, 5.41) is 3.10. The van der Waals surface area contributed by atoms with Crippen LogP contribution in [0.25, 0.3) is 4.91 Å². The van der Waals surface area contributed by atoms with Crippen LogP contribution >= 0.6 is 10.8 Å². The van der Waals surface area contributed by atoms with Crippen LogP contribution in [0, 0.1) is 0 Å². The molecule has 3 N–H and O–H groups in total. The maximum atomic E-state index is 13.2. The van der Waals surface area contributed by atoms with E-state index in [1.165, 1.54) is 7.11 Å². The summed E-state index contributed by atoms with van der Waals surface area (Å²) in [6, 6.07) is 15.6. The summed E-state index contributed by atoms with van der Waals surface area (Å²) in [6.07, 6.45) is 0.538. The third-order valence-electron chi connectivity index (χ3n) is 4.95. The number of hydrogen-bond acceptors (Lipinski definition) is 7. The molecule has 0 saturated carbocycles. The maximum absolute atomic E-state index is 13.2. The molecule has 1 heterocycles. The van der Waals surface area contributed by atoms with Gasteiger partial charge < -0.3 is 14.8 Å². The van der Waals surface area contributed by atoms with E-state index >= 15 is 0 Å². The van der Waals surface area contributed by atoms with E-state index in [-0.39, 0.29) is 10.6 Å². The lowest BCUT2D eigenvalue weighted by Crippen LogP contribution is -2.45. The molecule has 0 aromatic heterocycles. The van der Waals surface area contributed by atoms with Gasteiger partial charge in [0.15, 0.2) is 0 Å². The topological polar surface area (TPSA) is 108 Å². The monoisotopic (exact) mass is 474 g/mol. The largest absolute Gasteiger partial charge is 0.494 e. The van der Waals surface area contributed by atoms with Gasteiger partial charge in [-0.05, 0) is 45.4 Å². The summed E-state index contributed by atoms with van der Waals surface area (Å²) in [6.45, 7) is 6.00. The Labute approximate surface area is 195 Å². The average Bonchev–Trinajstić information content (AvgIpc) is 2.98. The molecule has 8 nitrogen and oxygen atoms in total. The second-order valence-corrected chi connectivity index (χ2v) is 10.3. The SMILES string of the molecule is COC(=O)c1cccc(OCCCNC2=C(c3ccccc3)S(O)(O)N(C(C)(C)C)C2=O)c1. The Hall–Kier alpha value is -3.01. The molecule has 0 unspecified atom stereocenters. The number of carbonyl (C=O) groups is 2. The van der Waals surface area contributed by atoms with Crippen molar-refractivity contribution in [3.05, 3.63) is 71.4 Å². The average molecular weight is 475 g/mol. The van der Waals surface area contributed by atoms with E-state index in [9.17, 15) is 18.7 Å². The Balaban J connectivity index is 1.71. The van der Waals surface area contributed by atoms with Crippen LogP contribution in [0.5, 0.6) is 5.75 Å². The van der Waals surface area contributed by atoms with Gasteiger partial charge in [0, 0.05) is 12.1 Å². The van der Waals surface area contributed by atoms with E-state index in [2.05, 4.69) is 5.32 Å². The van der Waals surface area contributed by atoms with Crippen molar-refractivity contribution in [3.8, 4) is 5.75 Å². The van der Waals surface area contributed by atoms with Crippen molar-refractivity contribution in [3.63, 3.8) is 0 Å². The Morgan fingerprint density at radius 3 is 2.42 bits per heavy atom. The normalized spacial score (nSPS) is 16.5. The van der Waals surface area contributed by atoms with Crippen LogP contribution in [-0.4, -0.2) is 51.1 Å². The molecular weight excluding hydrogens is 444 g/mol.